The number of para-hydroxylation sites is 2. The lowest BCUT2D eigenvalue weighted by Crippen LogP contribution is -2.46. The number of anilines is 2. The number of nitriles is 1. The summed E-state index contributed by atoms with van der Waals surface area (Å²) in [6.07, 6.45) is 0. The molecule has 0 saturated heterocycles. The van der Waals surface area contributed by atoms with E-state index in [4.69, 9.17) is 10.8 Å². The summed E-state index contributed by atoms with van der Waals surface area (Å²) in [5, 5.41) is 18.4. The monoisotopic (exact) mass is 472 g/mol. The first-order valence-corrected chi connectivity index (χ1v) is 11.8. The van der Waals surface area contributed by atoms with E-state index in [1.54, 1.807) is 9.58 Å². The Kier molecular flexibility index (Phi) is 4.73. The van der Waals surface area contributed by atoms with E-state index in [2.05, 4.69) is 11.4 Å². The lowest BCUT2D eigenvalue weighted by molar-refractivity contribution is -0.120. The minimum atomic E-state index is -1.39. The molecule has 2 aliphatic rings. The van der Waals surface area contributed by atoms with Crippen molar-refractivity contribution in [2.75, 3.05) is 10.2 Å². The van der Waals surface area contributed by atoms with Crippen LogP contribution in [-0.4, -0.2) is 15.7 Å². The first kappa shape index (κ1) is 21.7. The molecular formula is C29H24N6O. The molecule has 7 heteroatoms. The van der Waals surface area contributed by atoms with Crippen LogP contribution in [0.4, 0.5) is 11.5 Å². The van der Waals surface area contributed by atoms with Crippen LogP contribution in [0.25, 0.3) is 5.69 Å². The predicted octanol–water partition coefficient (Wildman–Crippen LogP) is 4.44. The summed E-state index contributed by atoms with van der Waals surface area (Å²) in [6.45, 7) is 4.29. The number of carbonyl (C=O) groups is 1. The van der Waals surface area contributed by atoms with E-state index in [-0.39, 0.29) is 17.3 Å². The normalized spacial score (nSPS) is 18.1. The van der Waals surface area contributed by atoms with Gasteiger partial charge in [0.25, 0.3) is 0 Å². The van der Waals surface area contributed by atoms with Gasteiger partial charge in [-0.1, -0.05) is 60.7 Å². The van der Waals surface area contributed by atoms with Crippen LogP contribution >= 0.6 is 0 Å². The largest absolute Gasteiger partial charge is 0.384 e. The van der Waals surface area contributed by atoms with Gasteiger partial charge in [-0.15, -0.1) is 0 Å². The molecule has 0 radical (unpaired) electrons. The number of amides is 1. The van der Waals surface area contributed by atoms with Crippen LogP contribution in [0.3, 0.4) is 0 Å². The van der Waals surface area contributed by atoms with E-state index < -0.39 is 5.41 Å². The van der Waals surface area contributed by atoms with Crippen LogP contribution in [0.15, 0.2) is 90.3 Å². The maximum absolute atomic E-state index is 14.7. The molecule has 0 saturated carbocycles. The van der Waals surface area contributed by atoms with Gasteiger partial charge in [-0.2, -0.15) is 10.4 Å². The third-order valence-electron chi connectivity index (χ3n) is 7.20. The number of nitrogens with zero attached hydrogens (tertiary/aromatic N) is 4. The van der Waals surface area contributed by atoms with Crippen molar-refractivity contribution >= 4 is 17.4 Å². The van der Waals surface area contributed by atoms with Gasteiger partial charge in [-0.3, -0.25) is 4.79 Å². The summed E-state index contributed by atoms with van der Waals surface area (Å²) in [6, 6.07) is 27.6. The van der Waals surface area contributed by atoms with Crippen molar-refractivity contribution in [3.05, 3.63) is 118 Å². The van der Waals surface area contributed by atoms with Crippen LogP contribution in [-0.2, 0) is 16.8 Å². The quantitative estimate of drug-likeness (QED) is 0.459. The average molecular weight is 473 g/mol. The fourth-order valence-electron chi connectivity index (χ4n) is 5.56. The highest BCUT2D eigenvalue weighted by Gasteiger charge is 2.60. The van der Waals surface area contributed by atoms with Crippen molar-refractivity contribution in [1.29, 1.82) is 5.26 Å². The molecule has 0 aliphatic carbocycles. The van der Waals surface area contributed by atoms with E-state index in [1.807, 2.05) is 92.7 Å². The van der Waals surface area contributed by atoms with Gasteiger partial charge in [0.2, 0.25) is 5.91 Å². The zero-order chi connectivity index (χ0) is 25.0. The molecule has 176 valence electrons. The van der Waals surface area contributed by atoms with Crippen LogP contribution in [0.1, 0.15) is 27.9 Å². The highest BCUT2D eigenvalue weighted by molar-refractivity contribution is 6.15. The minimum Gasteiger partial charge on any atom is -0.384 e. The van der Waals surface area contributed by atoms with E-state index in [9.17, 15) is 10.1 Å². The van der Waals surface area contributed by atoms with Gasteiger partial charge < -0.3 is 16.0 Å². The summed E-state index contributed by atoms with van der Waals surface area (Å²) in [5.74, 6) is 0.545. The zero-order valence-electron chi connectivity index (χ0n) is 20.0. The zero-order valence-corrected chi connectivity index (χ0v) is 20.0. The summed E-state index contributed by atoms with van der Waals surface area (Å²) in [4.78, 5) is 16.4. The molecule has 4 aromatic rings. The second kappa shape index (κ2) is 7.85. The number of benzene rings is 3. The Hall–Kier alpha value is -4.83. The fraction of sp³-hybridized carbons (Fsp3) is 0.138. The van der Waals surface area contributed by atoms with E-state index in [0.717, 1.165) is 28.1 Å². The Balaban J connectivity index is 1.64. The Morgan fingerprint density at radius 1 is 1.00 bits per heavy atom. The van der Waals surface area contributed by atoms with E-state index in [1.165, 1.54) is 0 Å². The maximum atomic E-state index is 14.7. The second-order valence-electron chi connectivity index (χ2n) is 9.17. The molecule has 0 fully saturated rings. The van der Waals surface area contributed by atoms with Gasteiger partial charge in [0, 0.05) is 16.8 Å². The first-order chi connectivity index (χ1) is 17.5. The summed E-state index contributed by atoms with van der Waals surface area (Å²) in [5.41, 5.74) is 11.1. The minimum absolute atomic E-state index is 0.156. The smallest absolute Gasteiger partial charge is 0.248 e. The van der Waals surface area contributed by atoms with Crippen LogP contribution in [0, 0.1) is 25.2 Å². The number of rotatable bonds is 3. The lowest BCUT2D eigenvalue weighted by atomic mass is 9.68. The number of carbonyl (C=O) groups excluding carboxylic acids is 1. The van der Waals surface area contributed by atoms with Crippen molar-refractivity contribution in [2.24, 2.45) is 5.73 Å². The van der Waals surface area contributed by atoms with Gasteiger partial charge >= 0.3 is 0 Å². The number of nitrogens with two attached hydrogens (primary N) is 1. The van der Waals surface area contributed by atoms with Crippen molar-refractivity contribution in [3.63, 3.8) is 0 Å². The van der Waals surface area contributed by atoms with Gasteiger partial charge in [0.05, 0.1) is 23.5 Å². The third-order valence-corrected chi connectivity index (χ3v) is 7.20. The van der Waals surface area contributed by atoms with Gasteiger partial charge in [0.15, 0.2) is 0 Å². The summed E-state index contributed by atoms with van der Waals surface area (Å²) >= 11 is 0. The highest BCUT2D eigenvalue weighted by atomic mass is 16.2. The van der Waals surface area contributed by atoms with Crippen molar-refractivity contribution in [2.45, 2.75) is 25.8 Å². The molecule has 2 aliphatic heterocycles. The first-order valence-electron chi connectivity index (χ1n) is 11.8. The molecule has 3 heterocycles. The van der Waals surface area contributed by atoms with Crippen molar-refractivity contribution in [3.8, 4) is 11.8 Å². The Labute approximate surface area is 209 Å². The van der Waals surface area contributed by atoms with Crippen LogP contribution in [0.2, 0.25) is 0 Å². The molecule has 0 bridgehead atoms. The standard InChI is InChI=1S/C29H24N6O/c1-18-10-6-7-11-20(18)17-34-24-15-9-8-14-22(24)29(28(34)36)23(16-30)26(31)32-27-25(29)19(2)33-35(27)21-12-4-3-5-13-21/h3-15,32H,17,31H2,1-2H3. The number of aryl methyl sites for hydroxylation is 2. The molecular weight excluding hydrogens is 448 g/mol. The number of nitrogens with one attached hydrogen (secondary N) is 1. The SMILES string of the molecule is Cc1ccccc1CN1C(=O)C2(C(C#N)=C(N)Nc3c2c(C)nn3-c2ccccc2)c2ccccc21. The molecule has 36 heavy (non-hydrogen) atoms. The van der Waals surface area contributed by atoms with Gasteiger partial charge in [0.1, 0.15) is 23.1 Å². The van der Waals surface area contributed by atoms with Crippen molar-refractivity contribution in [1.82, 2.24) is 9.78 Å². The topological polar surface area (TPSA) is 100.0 Å². The molecule has 1 aromatic heterocycles. The summed E-state index contributed by atoms with van der Waals surface area (Å²) < 4.78 is 1.76. The summed E-state index contributed by atoms with van der Waals surface area (Å²) in [7, 11) is 0. The Bertz CT molecular complexity index is 1610. The Morgan fingerprint density at radius 3 is 2.44 bits per heavy atom. The molecule has 1 atom stereocenters. The highest BCUT2D eigenvalue weighted by Crippen LogP contribution is 2.55. The molecule has 6 rings (SSSR count). The molecule has 1 amide bonds. The average Bonchev–Trinajstić information content (AvgIpc) is 3.34. The Morgan fingerprint density at radius 2 is 1.69 bits per heavy atom. The van der Waals surface area contributed by atoms with Crippen LogP contribution in [0.5, 0.6) is 0 Å². The van der Waals surface area contributed by atoms with Gasteiger partial charge in [-0.05, 0) is 43.2 Å². The molecule has 1 unspecified atom stereocenters. The third kappa shape index (κ3) is 2.78. The number of hydrogen-bond acceptors (Lipinski definition) is 5. The molecule has 7 nitrogen and oxygen atoms in total. The lowest BCUT2D eigenvalue weighted by Gasteiger charge is -2.34. The van der Waals surface area contributed by atoms with E-state index >= 15 is 0 Å². The molecule has 1 spiro atoms. The number of aromatic nitrogens is 2. The maximum Gasteiger partial charge on any atom is 0.248 e. The predicted molar refractivity (Wildman–Crippen MR) is 138 cm³/mol. The second-order valence-corrected chi connectivity index (χ2v) is 9.17. The number of fused-ring (bicyclic) bond motifs is 4. The van der Waals surface area contributed by atoms with Gasteiger partial charge in [-0.25, -0.2) is 4.68 Å². The van der Waals surface area contributed by atoms with E-state index in [0.29, 0.717) is 23.6 Å². The molecule has 3 N–H and O–H groups in total. The number of hydrogen-bond donors (Lipinski definition) is 2. The molecule has 3 aromatic carbocycles. The fourth-order valence-corrected chi connectivity index (χ4v) is 5.56. The van der Waals surface area contributed by atoms with Crippen molar-refractivity contribution < 1.29 is 4.79 Å². The van der Waals surface area contributed by atoms with Crippen LogP contribution < -0.4 is 16.0 Å².